The summed E-state index contributed by atoms with van der Waals surface area (Å²) in [6.45, 7) is 0. The number of amides is 1. The van der Waals surface area contributed by atoms with Gasteiger partial charge in [0.05, 0.1) is 17.3 Å². The van der Waals surface area contributed by atoms with Crippen LogP contribution in [0.3, 0.4) is 0 Å². The molecule has 4 nitrogen and oxygen atoms in total. The predicted molar refractivity (Wildman–Crippen MR) is 98.3 cm³/mol. The van der Waals surface area contributed by atoms with E-state index in [4.69, 9.17) is 4.42 Å². The van der Waals surface area contributed by atoms with E-state index in [0.29, 0.717) is 15.6 Å². The first kappa shape index (κ1) is 18.9. The van der Waals surface area contributed by atoms with Crippen molar-refractivity contribution in [3.63, 3.8) is 0 Å². The van der Waals surface area contributed by atoms with Gasteiger partial charge in [-0.25, -0.2) is 5.43 Å². The van der Waals surface area contributed by atoms with Gasteiger partial charge in [0.2, 0.25) is 0 Å². The fourth-order valence-corrected chi connectivity index (χ4v) is 2.75. The number of furan rings is 1. The Hall–Kier alpha value is -2.87. The summed E-state index contributed by atoms with van der Waals surface area (Å²) in [6, 6.07) is 14.8. The molecular formula is C19H12BrF3N2O2. The van der Waals surface area contributed by atoms with Crippen molar-refractivity contribution in [1.82, 2.24) is 5.43 Å². The summed E-state index contributed by atoms with van der Waals surface area (Å²) in [6.07, 6.45) is -3.16. The number of halogens is 4. The summed E-state index contributed by atoms with van der Waals surface area (Å²) in [4.78, 5) is 12.0. The molecule has 1 amide bonds. The van der Waals surface area contributed by atoms with Gasteiger partial charge in [-0.3, -0.25) is 4.79 Å². The molecule has 0 aliphatic heterocycles. The van der Waals surface area contributed by atoms with Gasteiger partial charge in [-0.1, -0.05) is 24.3 Å². The van der Waals surface area contributed by atoms with Crippen molar-refractivity contribution in [2.24, 2.45) is 5.10 Å². The zero-order valence-electron chi connectivity index (χ0n) is 13.6. The number of carbonyl (C=O) groups excluding carboxylic acids is 1. The minimum Gasteiger partial charge on any atom is -0.455 e. The lowest BCUT2D eigenvalue weighted by atomic mass is 10.1. The highest BCUT2D eigenvalue weighted by Crippen LogP contribution is 2.32. The number of nitrogens with one attached hydrogen (secondary N) is 1. The maximum Gasteiger partial charge on any atom is 0.416 e. The van der Waals surface area contributed by atoms with Crippen molar-refractivity contribution >= 4 is 28.1 Å². The molecule has 0 saturated carbocycles. The van der Waals surface area contributed by atoms with Crippen LogP contribution in [0.5, 0.6) is 0 Å². The van der Waals surface area contributed by atoms with Gasteiger partial charge in [0.15, 0.2) is 0 Å². The Morgan fingerprint density at radius 2 is 1.85 bits per heavy atom. The quantitative estimate of drug-likeness (QED) is 0.434. The van der Waals surface area contributed by atoms with Crippen LogP contribution in [0.1, 0.15) is 21.7 Å². The SMILES string of the molecule is O=C(NN=Cc1ccc(-c2cccc(C(F)(F)F)c2)o1)c1ccccc1Br. The van der Waals surface area contributed by atoms with Crippen molar-refractivity contribution in [1.29, 1.82) is 0 Å². The number of carbonyl (C=O) groups is 1. The van der Waals surface area contributed by atoms with Crippen LogP contribution in [0.4, 0.5) is 13.2 Å². The van der Waals surface area contributed by atoms with Gasteiger partial charge in [-0.15, -0.1) is 0 Å². The third-order valence-electron chi connectivity index (χ3n) is 3.58. The van der Waals surface area contributed by atoms with Crippen LogP contribution < -0.4 is 5.43 Å². The predicted octanol–water partition coefficient (Wildman–Crippen LogP) is 5.49. The maximum absolute atomic E-state index is 12.8. The third kappa shape index (κ3) is 4.65. The van der Waals surface area contributed by atoms with E-state index in [2.05, 4.69) is 26.5 Å². The summed E-state index contributed by atoms with van der Waals surface area (Å²) < 4.78 is 44.5. The second kappa shape index (κ2) is 7.79. The first-order valence-electron chi connectivity index (χ1n) is 7.70. The van der Waals surface area contributed by atoms with Gasteiger partial charge >= 0.3 is 6.18 Å². The van der Waals surface area contributed by atoms with E-state index in [1.807, 2.05) is 0 Å². The van der Waals surface area contributed by atoms with E-state index < -0.39 is 17.6 Å². The first-order valence-corrected chi connectivity index (χ1v) is 8.49. The molecule has 0 unspecified atom stereocenters. The molecule has 1 aromatic heterocycles. The molecule has 0 radical (unpaired) electrons. The Morgan fingerprint density at radius 1 is 1.07 bits per heavy atom. The average Bonchev–Trinajstić information content (AvgIpc) is 3.10. The number of rotatable bonds is 4. The normalized spacial score (nSPS) is 11.7. The third-order valence-corrected chi connectivity index (χ3v) is 4.27. The minimum atomic E-state index is -4.43. The molecule has 0 spiro atoms. The molecule has 0 fully saturated rings. The zero-order valence-corrected chi connectivity index (χ0v) is 15.2. The van der Waals surface area contributed by atoms with Crippen molar-refractivity contribution in [2.45, 2.75) is 6.18 Å². The molecular weight excluding hydrogens is 425 g/mol. The van der Waals surface area contributed by atoms with E-state index in [1.165, 1.54) is 24.4 Å². The Balaban J connectivity index is 1.70. The Kier molecular flexibility index (Phi) is 5.46. The van der Waals surface area contributed by atoms with E-state index in [-0.39, 0.29) is 11.5 Å². The van der Waals surface area contributed by atoms with Crippen molar-refractivity contribution < 1.29 is 22.4 Å². The lowest BCUT2D eigenvalue weighted by molar-refractivity contribution is -0.137. The lowest BCUT2D eigenvalue weighted by Crippen LogP contribution is -2.17. The molecule has 0 aliphatic carbocycles. The first-order chi connectivity index (χ1) is 12.8. The molecule has 3 aromatic rings. The molecule has 1 N–H and O–H groups in total. The summed E-state index contributed by atoms with van der Waals surface area (Å²) in [5.41, 5.74) is 2.31. The number of benzene rings is 2. The largest absolute Gasteiger partial charge is 0.455 e. The van der Waals surface area contributed by atoms with Crippen LogP contribution in [-0.4, -0.2) is 12.1 Å². The van der Waals surface area contributed by atoms with Crippen LogP contribution in [0.25, 0.3) is 11.3 Å². The number of hydrogen-bond acceptors (Lipinski definition) is 3. The number of alkyl halides is 3. The molecule has 8 heteroatoms. The maximum atomic E-state index is 12.8. The van der Waals surface area contributed by atoms with E-state index in [1.54, 1.807) is 30.3 Å². The Labute approximate surface area is 160 Å². The number of nitrogens with zero attached hydrogens (tertiary/aromatic N) is 1. The molecule has 3 rings (SSSR count). The topological polar surface area (TPSA) is 54.6 Å². The van der Waals surface area contributed by atoms with Gasteiger partial charge in [0, 0.05) is 10.0 Å². The van der Waals surface area contributed by atoms with Crippen LogP contribution in [0.2, 0.25) is 0 Å². The highest BCUT2D eigenvalue weighted by molar-refractivity contribution is 9.10. The van der Waals surface area contributed by atoms with Crippen LogP contribution in [0.15, 0.2) is 74.7 Å². The van der Waals surface area contributed by atoms with Gasteiger partial charge in [-0.2, -0.15) is 18.3 Å². The summed E-state index contributed by atoms with van der Waals surface area (Å²) in [5.74, 6) is 0.137. The van der Waals surface area contributed by atoms with E-state index in [9.17, 15) is 18.0 Å². The monoisotopic (exact) mass is 436 g/mol. The van der Waals surface area contributed by atoms with Crippen molar-refractivity contribution in [2.75, 3.05) is 0 Å². The molecule has 138 valence electrons. The van der Waals surface area contributed by atoms with Gasteiger partial charge in [0.1, 0.15) is 11.5 Å². The smallest absolute Gasteiger partial charge is 0.416 e. The molecule has 27 heavy (non-hydrogen) atoms. The number of hydrogen-bond donors (Lipinski definition) is 1. The second-order valence-corrected chi connectivity index (χ2v) is 6.31. The van der Waals surface area contributed by atoms with Crippen molar-refractivity contribution in [3.05, 3.63) is 82.0 Å². The van der Waals surface area contributed by atoms with Gasteiger partial charge < -0.3 is 4.42 Å². The Morgan fingerprint density at radius 3 is 2.59 bits per heavy atom. The van der Waals surface area contributed by atoms with Crippen LogP contribution in [-0.2, 0) is 6.18 Å². The standard InChI is InChI=1S/C19H12BrF3N2O2/c20-16-7-2-1-6-15(16)18(26)25-24-11-14-8-9-17(27-14)12-4-3-5-13(10-12)19(21,22)23/h1-11H,(H,25,26). The highest BCUT2D eigenvalue weighted by atomic mass is 79.9. The average molecular weight is 437 g/mol. The second-order valence-electron chi connectivity index (χ2n) is 5.46. The minimum absolute atomic E-state index is 0.264. The fourth-order valence-electron chi connectivity index (χ4n) is 2.29. The van der Waals surface area contributed by atoms with E-state index in [0.717, 1.165) is 12.1 Å². The van der Waals surface area contributed by atoms with Gasteiger partial charge in [0.25, 0.3) is 5.91 Å². The highest BCUT2D eigenvalue weighted by Gasteiger charge is 2.30. The summed E-state index contributed by atoms with van der Waals surface area (Å²) in [7, 11) is 0. The summed E-state index contributed by atoms with van der Waals surface area (Å²) in [5, 5.41) is 3.80. The van der Waals surface area contributed by atoms with Crippen LogP contribution >= 0.6 is 15.9 Å². The molecule has 2 aromatic carbocycles. The molecule has 1 heterocycles. The van der Waals surface area contributed by atoms with Crippen molar-refractivity contribution in [3.8, 4) is 11.3 Å². The lowest BCUT2D eigenvalue weighted by Gasteiger charge is -2.07. The molecule has 0 aliphatic rings. The molecule has 0 bridgehead atoms. The Bertz CT molecular complexity index is 996. The zero-order chi connectivity index (χ0) is 19.4. The molecule has 0 saturated heterocycles. The number of hydrazone groups is 1. The fraction of sp³-hybridized carbons (Fsp3) is 0.0526. The van der Waals surface area contributed by atoms with Crippen LogP contribution in [0, 0.1) is 0 Å². The van der Waals surface area contributed by atoms with E-state index >= 15 is 0 Å². The molecule has 0 atom stereocenters. The van der Waals surface area contributed by atoms with Gasteiger partial charge in [-0.05, 0) is 52.3 Å². The summed E-state index contributed by atoms with van der Waals surface area (Å²) >= 11 is 3.27.